The number of hydrogen-bond donors (Lipinski definition) is 0. The van der Waals surface area contributed by atoms with Crippen LogP contribution in [-0.4, -0.2) is 29.5 Å². The molecule has 2 amide bonds. The summed E-state index contributed by atoms with van der Waals surface area (Å²) < 4.78 is 4.86. The van der Waals surface area contributed by atoms with Gasteiger partial charge in [-0.15, -0.1) is 4.79 Å². The standard InChI is InChI=1S/C13H12NO3/c1-2-12(15)14-11(9-17-13(14)16)8-10-6-4-3-5-7-10/h1-7,11H,8-9H2/q+1/t11-/m0/s1. The number of nitrogens with zero attached hydrogens (tertiary/aromatic N) is 1. The van der Waals surface area contributed by atoms with E-state index in [0.29, 0.717) is 6.42 Å². The maximum absolute atomic E-state index is 11.5. The van der Waals surface area contributed by atoms with Crippen molar-refractivity contribution in [3.8, 4) is 0 Å². The quantitative estimate of drug-likeness (QED) is 0.585. The lowest BCUT2D eigenvalue weighted by molar-refractivity contribution is -0.124. The molecule has 0 radical (unpaired) electrons. The van der Waals surface area contributed by atoms with Gasteiger partial charge in [0.05, 0.1) is 6.58 Å². The van der Waals surface area contributed by atoms with Crippen LogP contribution in [0.3, 0.4) is 0 Å². The highest BCUT2D eigenvalue weighted by Gasteiger charge is 2.41. The summed E-state index contributed by atoms with van der Waals surface area (Å²) in [6.07, 6.45) is 0.828. The van der Waals surface area contributed by atoms with Gasteiger partial charge >= 0.3 is 12.0 Å². The van der Waals surface area contributed by atoms with Crippen molar-refractivity contribution in [1.29, 1.82) is 0 Å². The Balaban J connectivity index is 2.13. The van der Waals surface area contributed by atoms with E-state index in [2.05, 4.69) is 0 Å². The van der Waals surface area contributed by atoms with Crippen LogP contribution >= 0.6 is 0 Å². The maximum atomic E-state index is 11.5. The third kappa shape index (κ3) is 2.32. The highest BCUT2D eigenvalue weighted by Crippen LogP contribution is 2.17. The molecular weight excluding hydrogens is 218 g/mol. The summed E-state index contributed by atoms with van der Waals surface area (Å²) in [5.74, 6) is -0.520. The predicted octanol–water partition coefficient (Wildman–Crippen LogP) is 1.57. The number of cyclic esters (lactones) is 1. The average Bonchev–Trinajstić information content (AvgIpc) is 2.71. The summed E-state index contributed by atoms with van der Waals surface area (Å²) in [7, 11) is 0. The van der Waals surface area contributed by atoms with Gasteiger partial charge in [-0.05, 0) is 12.0 Å². The Morgan fingerprint density at radius 1 is 1.47 bits per heavy atom. The molecule has 86 valence electrons. The van der Waals surface area contributed by atoms with Gasteiger partial charge in [0.1, 0.15) is 12.6 Å². The van der Waals surface area contributed by atoms with E-state index >= 15 is 0 Å². The highest BCUT2D eigenvalue weighted by atomic mass is 16.6. The summed E-state index contributed by atoms with van der Waals surface area (Å²) in [4.78, 5) is 23.9. The second-order valence-corrected chi connectivity index (χ2v) is 3.80. The van der Waals surface area contributed by atoms with Gasteiger partial charge in [-0.2, -0.15) is 4.90 Å². The number of benzene rings is 1. The van der Waals surface area contributed by atoms with Crippen molar-refractivity contribution in [1.82, 2.24) is 4.90 Å². The first-order valence-electron chi connectivity index (χ1n) is 5.31. The molecule has 1 aromatic carbocycles. The van der Waals surface area contributed by atoms with Gasteiger partial charge in [-0.1, -0.05) is 30.3 Å². The third-order valence-corrected chi connectivity index (χ3v) is 2.66. The Hall–Kier alpha value is -2.19. The van der Waals surface area contributed by atoms with Crippen LogP contribution in [0.4, 0.5) is 4.79 Å². The molecule has 0 N–H and O–H groups in total. The Kier molecular flexibility index (Phi) is 3.17. The largest absolute Gasteiger partial charge is 0.446 e. The number of ether oxygens (including phenoxy) is 1. The number of amides is 2. The smallest absolute Gasteiger partial charge is 0.435 e. The molecule has 1 heterocycles. The Morgan fingerprint density at radius 3 is 2.82 bits per heavy atom. The lowest BCUT2D eigenvalue weighted by Gasteiger charge is -2.12. The molecule has 0 saturated carbocycles. The molecule has 17 heavy (non-hydrogen) atoms. The fourth-order valence-corrected chi connectivity index (χ4v) is 1.85. The van der Waals surface area contributed by atoms with Gasteiger partial charge in [0.15, 0.2) is 0 Å². The average molecular weight is 230 g/mol. The number of hydrogen-bond acceptors (Lipinski definition) is 3. The van der Waals surface area contributed by atoms with Gasteiger partial charge in [0.2, 0.25) is 6.08 Å². The highest BCUT2D eigenvalue weighted by molar-refractivity contribution is 5.99. The van der Waals surface area contributed by atoms with Crippen molar-refractivity contribution in [2.45, 2.75) is 12.5 Å². The van der Waals surface area contributed by atoms with Crippen molar-refractivity contribution >= 4 is 12.0 Å². The first-order chi connectivity index (χ1) is 8.22. The van der Waals surface area contributed by atoms with Crippen molar-refractivity contribution in [3.63, 3.8) is 0 Å². The van der Waals surface area contributed by atoms with E-state index in [4.69, 9.17) is 11.3 Å². The van der Waals surface area contributed by atoms with E-state index in [-0.39, 0.29) is 12.6 Å². The third-order valence-electron chi connectivity index (χ3n) is 2.66. The zero-order valence-corrected chi connectivity index (χ0v) is 9.20. The van der Waals surface area contributed by atoms with Gasteiger partial charge in [0, 0.05) is 0 Å². The van der Waals surface area contributed by atoms with Crippen LogP contribution in [0, 0.1) is 6.58 Å². The molecule has 1 aromatic rings. The van der Waals surface area contributed by atoms with Crippen molar-refractivity contribution in [2.75, 3.05) is 6.61 Å². The molecule has 1 fully saturated rings. The number of carbonyl (C=O) groups is 2. The number of carbonyl (C=O) groups excluding carboxylic acids is 2. The van der Waals surface area contributed by atoms with E-state index in [0.717, 1.165) is 16.5 Å². The number of imide groups is 1. The number of rotatable bonds is 3. The zero-order valence-electron chi connectivity index (χ0n) is 9.20. The first kappa shape index (κ1) is 11.3. The van der Waals surface area contributed by atoms with Gasteiger partial charge in [-0.25, -0.2) is 4.79 Å². The fourth-order valence-electron chi connectivity index (χ4n) is 1.85. The van der Waals surface area contributed by atoms with Gasteiger partial charge in [0.25, 0.3) is 0 Å². The van der Waals surface area contributed by atoms with Crippen LogP contribution < -0.4 is 0 Å². The molecule has 0 bridgehead atoms. The van der Waals surface area contributed by atoms with Crippen molar-refractivity contribution < 1.29 is 14.3 Å². The van der Waals surface area contributed by atoms with E-state index in [9.17, 15) is 9.59 Å². The molecule has 2 rings (SSSR count). The van der Waals surface area contributed by atoms with E-state index < -0.39 is 12.0 Å². The summed E-state index contributed by atoms with van der Waals surface area (Å²) in [5, 5.41) is 0. The van der Waals surface area contributed by atoms with Crippen molar-refractivity contribution in [3.05, 3.63) is 48.6 Å². The van der Waals surface area contributed by atoms with Gasteiger partial charge < -0.3 is 4.74 Å². The molecule has 1 aliphatic rings. The molecule has 0 aliphatic carbocycles. The summed E-state index contributed by atoms with van der Waals surface area (Å²) in [6.45, 7) is 5.36. The molecule has 1 saturated heterocycles. The lowest BCUT2D eigenvalue weighted by Crippen LogP contribution is -2.39. The fraction of sp³-hybridized carbons (Fsp3) is 0.231. The minimum Gasteiger partial charge on any atom is -0.446 e. The topological polar surface area (TPSA) is 46.6 Å². The maximum Gasteiger partial charge on any atom is 0.435 e. The van der Waals surface area contributed by atoms with Crippen molar-refractivity contribution in [2.24, 2.45) is 0 Å². The normalized spacial score (nSPS) is 18.9. The first-order valence-corrected chi connectivity index (χ1v) is 5.31. The molecule has 0 aromatic heterocycles. The monoisotopic (exact) mass is 230 g/mol. The molecular formula is C13H12NO3+. The van der Waals surface area contributed by atoms with Gasteiger partial charge in [-0.3, -0.25) is 0 Å². The molecule has 4 heteroatoms. The van der Waals surface area contributed by atoms with Crippen LogP contribution in [0.15, 0.2) is 36.4 Å². The molecule has 0 spiro atoms. The Labute approximate surface area is 99.5 Å². The van der Waals surface area contributed by atoms with Crippen LogP contribution in [0.5, 0.6) is 0 Å². The second kappa shape index (κ2) is 4.76. The summed E-state index contributed by atoms with van der Waals surface area (Å²) in [6, 6.07) is 9.34. The molecule has 1 aliphatic heterocycles. The van der Waals surface area contributed by atoms with Crippen LogP contribution in [0.1, 0.15) is 5.56 Å². The lowest BCUT2D eigenvalue weighted by atomic mass is 10.1. The van der Waals surface area contributed by atoms with Crippen LogP contribution in [-0.2, 0) is 16.0 Å². The van der Waals surface area contributed by atoms with E-state index in [1.54, 1.807) is 0 Å². The van der Waals surface area contributed by atoms with E-state index in [1.807, 2.05) is 30.3 Å². The molecule has 0 unspecified atom stereocenters. The summed E-state index contributed by atoms with van der Waals surface area (Å²) in [5.41, 5.74) is 1.05. The molecule has 4 nitrogen and oxygen atoms in total. The Morgan fingerprint density at radius 2 is 2.18 bits per heavy atom. The minimum absolute atomic E-state index is 0.216. The van der Waals surface area contributed by atoms with E-state index in [1.165, 1.54) is 0 Å². The SMILES string of the molecule is [CH+]=CC(=O)N1C(=O)OC[C@@H]1Cc1ccccc1. The Bertz CT molecular complexity index is 441. The van der Waals surface area contributed by atoms with Crippen LogP contribution in [0.25, 0.3) is 0 Å². The molecule has 1 atom stereocenters. The second-order valence-electron chi connectivity index (χ2n) is 3.80. The predicted molar refractivity (Wildman–Crippen MR) is 61.0 cm³/mol. The minimum atomic E-state index is -0.627. The van der Waals surface area contributed by atoms with Crippen LogP contribution in [0.2, 0.25) is 0 Å². The zero-order chi connectivity index (χ0) is 12.3. The summed E-state index contributed by atoms with van der Waals surface area (Å²) >= 11 is 0.